The number of carboxylic acid groups (broad SMARTS) is 1. The number of aromatic nitrogens is 3. The number of hydrogen-bond donors (Lipinski definition) is 1. The zero-order chi connectivity index (χ0) is 16.2. The summed E-state index contributed by atoms with van der Waals surface area (Å²) in [6.45, 7) is 1.68. The summed E-state index contributed by atoms with van der Waals surface area (Å²) in [6, 6.07) is 9.35. The molecule has 0 spiro atoms. The van der Waals surface area contributed by atoms with Gasteiger partial charge in [0.1, 0.15) is 5.82 Å². The molecule has 0 aliphatic carbocycles. The predicted octanol–water partition coefficient (Wildman–Crippen LogP) is 1.67. The normalized spacial score (nSPS) is 15.4. The third kappa shape index (κ3) is 3.39. The van der Waals surface area contributed by atoms with Crippen LogP contribution in [0.4, 0.5) is 11.6 Å². The standard InChI is InChI=1S/C16H19N5O2/c1-20(15-6-3-9-17-19-15)12-7-10-21(11-8-12)14-5-2-4-13(18-14)16(22)23/h2-6,9,12H,7-8,10-11H2,1H3,(H,22,23). The van der Waals surface area contributed by atoms with Crippen molar-refractivity contribution in [3.05, 3.63) is 42.2 Å². The minimum absolute atomic E-state index is 0.0845. The zero-order valence-corrected chi connectivity index (χ0v) is 13.0. The van der Waals surface area contributed by atoms with Gasteiger partial charge in [-0.1, -0.05) is 6.07 Å². The van der Waals surface area contributed by atoms with E-state index < -0.39 is 5.97 Å². The van der Waals surface area contributed by atoms with Gasteiger partial charge < -0.3 is 14.9 Å². The van der Waals surface area contributed by atoms with Gasteiger partial charge in [0.2, 0.25) is 0 Å². The average molecular weight is 313 g/mol. The van der Waals surface area contributed by atoms with Crippen LogP contribution in [0.25, 0.3) is 0 Å². The van der Waals surface area contributed by atoms with Crippen molar-refractivity contribution in [2.75, 3.05) is 29.9 Å². The van der Waals surface area contributed by atoms with Gasteiger partial charge in [-0.3, -0.25) is 0 Å². The molecule has 3 rings (SSSR count). The van der Waals surface area contributed by atoms with Crippen molar-refractivity contribution in [2.24, 2.45) is 0 Å². The Morgan fingerprint density at radius 2 is 2.04 bits per heavy atom. The molecular formula is C16H19N5O2. The SMILES string of the molecule is CN(c1cccnn1)C1CCN(c2cccc(C(=O)O)n2)CC1. The van der Waals surface area contributed by atoms with E-state index in [2.05, 4.69) is 25.0 Å². The molecule has 120 valence electrons. The Balaban J connectivity index is 1.64. The van der Waals surface area contributed by atoms with Crippen LogP contribution < -0.4 is 9.80 Å². The molecule has 1 saturated heterocycles. The number of nitrogens with zero attached hydrogens (tertiary/aromatic N) is 5. The number of piperidine rings is 1. The highest BCUT2D eigenvalue weighted by Gasteiger charge is 2.24. The van der Waals surface area contributed by atoms with E-state index in [1.165, 1.54) is 6.07 Å². The van der Waals surface area contributed by atoms with Crippen molar-refractivity contribution in [1.29, 1.82) is 0 Å². The molecule has 1 aliphatic heterocycles. The van der Waals surface area contributed by atoms with E-state index in [0.29, 0.717) is 6.04 Å². The van der Waals surface area contributed by atoms with E-state index in [9.17, 15) is 4.79 Å². The quantitative estimate of drug-likeness (QED) is 0.919. The lowest BCUT2D eigenvalue weighted by atomic mass is 10.0. The number of carbonyl (C=O) groups is 1. The maximum absolute atomic E-state index is 11.0. The summed E-state index contributed by atoms with van der Waals surface area (Å²) in [6.07, 6.45) is 3.60. The summed E-state index contributed by atoms with van der Waals surface area (Å²) in [7, 11) is 2.04. The van der Waals surface area contributed by atoms with Crippen molar-refractivity contribution in [2.45, 2.75) is 18.9 Å². The molecule has 7 nitrogen and oxygen atoms in total. The molecule has 0 amide bonds. The Bertz CT molecular complexity index is 671. The first-order valence-corrected chi connectivity index (χ1v) is 7.61. The fourth-order valence-corrected chi connectivity index (χ4v) is 2.87. The van der Waals surface area contributed by atoms with Crippen molar-refractivity contribution in [1.82, 2.24) is 15.2 Å². The Morgan fingerprint density at radius 1 is 1.26 bits per heavy atom. The number of hydrogen-bond acceptors (Lipinski definition) is 6. The smallest absolute Gasteiger partial charge is 0.354 e. The molecule has 7 heteroatoms. The van der Waals surface area contributed by atoms with E-state index in [4.69, 9.17) is 5.11 Å². The molecule has 0 unspecified atom stereocenters. The molecule has 1 N–H and O–H groups in total. The second kappa shape index (κ2) is 6.60. The number of anilines is 2. The van der Waals surface area contributed by atoms with Gasteiger partial charge in [-0.15, -0.1) is 5.10 Å². The highest BCUT2D eigenvalue weighted by atomic mass is 16.4. The monoisotopic (exact) mass is 313 g/mol. The third-order valence-electron chi connectivity index (χ3n) is 4.21. The molecule has 1 aliphatic rings. The molecule has 0 bridgehead atoms. The molecule has 3 heterocycles. The van der Waals surface area contributed by atoms with Gasteiger partial charge in [0.05, 0.1) is 0 Å². The maximum atomic E-state index is 11.0. The highest BCUT2D eigenvalue weighted by Crippen LogP contribution is 2.23. The lowest BCUT2D eigenvalue weighted by Crippen LogP contribution is -2.44. The van der Waals surface area contributed by atoms with Crippen LogP contribution in [0, 0.1) is 0 Å². The Kier molecular flexibility index (Phi) is 4.36. The van der Waals surface area contributed by atoms with Gasteiger partial charge in [0, 0.05) is 32.4 Å². The van der Waals surface area contributed by atoms with Crippen LogP contribution in [-0.4, -0.2) is 52.4 Å². The largest absolute Gasteiger partial charge is 0.477 e. The molecule has 0 aromatic carbocycles. The lowest BCUT2D eigenvalue weighted by Gasteiger charge is -2.37. The summed E-state index contributed by atoms with van der Waals surface area (Å²) in [5.41, 5.74) is 0.0845. The van der Waals surface area contributed by atoms with Gasteiger partial charge in [-0.05, 0) is 37.1 Å². The summed E-state index contributed by atoms with van der Waals surface area (Å²) in [5, 5.41) is 17.1. The highest BCUT2D eigenvalue weighted by molar-refractivity contribution is 5.85. The van der Waals surface area contributed by atoms with Gasteiger partial charge in [0.25, 0.3) is 0 Å². The first-order valence-electron chi connectivity index (χ1n) is 7.61. The van der Waals surface area contributed by atoms with Crippen LogP contribution >= 0.6 is 0 Å². The van der Waals surface area contributed by atoms with Crippen LogP contribution in [0.5, 0.6) is 0 Å². The van der Waals surface area contributed by atoms with E-state index in [1.807, 2.05) is 25.2 Å². The maximum Gasteiger partial charge on any atom is 0.354 e. The fourth-order valence-electron chi connectivity index (χ4n) is 2.87. The first kappa shape index (κ1) is 15.2. The predicted molar refractivity (Wildman–Crippen MR) is 86.9 cm³/mol. The number of rotatable bonds is 4. The number of pyridine rings is 1. The van der Waals surface area contributed by atoms with Crippen LogP contribution in [0.3, 0.4) is 0 Å². The van der Waals surface area contributed by atoms with E-state index >= 15 is 0 Å². The van der Waals surface area contributed by atoms with E-state index in [0.717, 1.165) is 37.6 Å². The second-order valence-corrected chi connectivity index (χ2v) is 5.60. The van der Waals surface area contributed by atoms with Crippen molar-refractivity contribution < 1.29 is 9.90 Å². The summed E-state index contributed by atoms with van der Waals surface area (Å²) >= 11 is 0. The zero-order valence-electron chi connectivity index (χ0n) is 13.0. The summed E-state index contributed by atoms with van der Waals surface area (Å²) in [4.78, 5) is 19.5. The average Bonchev–Trinajstić information content (AvgIpc) is 2.62. The number of aromatic carboxylic acids is 1. The molecule has 23 heavy (non-hydrogen) atoms. The van der Waals surface area contributed by atoms with E-state index in [1.54, 1.807) is 12.3 Å². The molecule has 0 saturated carbocycles. The second-order valence-electron chi connectivity index (χ2n) is 5.60. The van der Waals surface area contributed by atoms with Gasteiger partial charge in [-0.2, -0.15) is 5.10 Å². The molecule has 1 fully saturated rings. The minimum atomic E-state index is -0.996. The fraction of sp³-hybridized carbons (Fsp3) is 0.375. The summed E-state index contributed by atoms with van der Waals surface area (Å²) in [5.74, 6) is 0.603. The van der Waals surface area contributed by atoms with Gasteiger partial charge >= 0.3 is 5.97 Å². The Hall–Kier alpha value is -2.70. The molecule has 2 aromatic heterocycles. The molecule has 0 radical (unpaired) electrons. The van der Waals surface area contributed by atoms with E-state index in [-0.39, 0.29) is 5.69 Å². The molecular weight excluding hydrogens is 294 g/mol. The summed E-state index contributed by atoms with van der Waals surface area (Å²) < 4.78 is 0. The van der Waals surface area contributed by atoms with Gasteiger partial charge in [-0.25, -0.2) is 9.78 Å². The third-order valence-corrected chi connectivity index (χ3v) is 4.21. The van der Waals surface area contributed by atoms with Gasteiger partial charge in [0.15, 0.2) is 11.5 Å². The molecule has 2 aromatic rings. The molecule has 0 atom stereocenters. The van der Waals surface area contributed by atoms with Crippen molar-refractivity contribution >= 4 is 17.6 Å². The van der Waals surface area contributed by atoms with Crippen LogP contribution in [-0.2, 0) is 0 Å². The van der Waals surface area contributed by atoms with Crippen molar-refractivity contribution in [3.8, 4) is 0 Å². The van der Waals surface area contributed by atoms with Crippen LogP contribution in [0.1, 0.15) is 23.3 Å². The minimum Gasteiger partial charge on any atom is -0.477 e. The van der Waals surface area contributed by atoms with Crippen molar-refractivity contribution in [3.63, 3.8) is 0 Å². The van der Waals surface area contributed by atoms with Crippen LogP contribution in [0.15, 0.2) is 36.5 Å². The Morgan fingerprint density at radius 3 is 2.70 bits per heavy atom. The first-order chi connectivity index (χ1) is 11.1. The number of carboxylic acids is 1. The van der Waals surface area contributed by atoms with Crippen LogP contribution in [0.2, 0.25) is 0 Å². The Labute approximate surface area is 134 Å². The topological polar surface area (TPSA) is 82.5 Å². The lowest BCUT2D eigenvalue weighted by molar-refractivity contribution is 0.0690.